The van der Waals surface area contributed by atoms with E-state index in [9.17, 15) is 14.9 Å². The van der Waals surface area contributed by atoms with E-state index in [0.29, 0.717) is 16.5 Å². The molecule has 0 fully saturated rings. The smallest absolute Gasteiger partial charge is 0.273 e. The van der Waals surface area contributed by atoms with Gasteiger partial charge in [-0.1, -0.05) is 23.9 Å². The molecule has 0 bridgehead atoms. The molecule has 3 aromatic rings. The van der Waals surface area contributed by atoms with Gasteiger partial charge in [0.15, 0.2) is 5.78 Å². The Morgan fingerprint density at radius 2 is 2.00 bits per heavy atom. The number of methoxy groups -OCH3 is 1. The fraction of sp³-hybridized carbons (Fsp3) is 0.176. The van der Waals surface area contributed by atoms with Crippen LogP contribution in [0.5, 0.6) is 5.75 Å². The number of rotatable bonds is 7. The molecule has 0 atom stereocenters. The lowest BCUT2D eigenvalue weighted by Crippen LogP contribution is -2.06. The van der Waals surface area contributed by atoms with Crippen molar-refractivity contribution < 1.29 is 14.5 Å². The van der Waals surface area contributed by atoms with Crippen molar-refractivity contribution in [1.29, 1.82) is 0 Å². The van der Waals surface area contributed by atoms with E-state index in [0.717, 1.165) is 17.4 Å². The quantitative estimate of drug-likeness (QED) is 0.264. The number of Topliss-reactive ketones (excluding diaryl/α,β-unsaturated/α-hetero) is 1. The molecule has 0 aliphatic heterocycles. The first-order valence-corrected chi connectivity index (χ1v) is 8.82. The van der Waals surface area contributed by atoms with Gasteiger partial charge in [-0.15, -0.1) is 5.10 Å². The van der Waals surface area contributed by atoms with E-state index in [1.54, 1.807) is 50.4 Å². The van der Waals surface area contributed by atoms with E-state index >= 15 is 0 Å². The first kappa shape index (κ1) is 18.5. The molecule has 0 saturated carbocycles. The lowest BCUT2D eigenvalue weighted by atomic mass is 10.1. The van der Waals surface area contributed by atoms with Crippen LogP contribution in [0.25, 0.3) is 5.69 Å². The van der Waals surface area contributed by atoms with Crippen molar-refractivity contribution in [2.45, 2.75) is 12.1 Å². The average Bonchev–Trinajstić information content (AvgIpc) is 3.15. The molecular formula is C17H15N5O4S. The molecule has 1 aromatic heterocycles. The molecule has 0 saturated heterocycles. The highest BCUT2D eigenvalue weighted by Gasteiger charge is 2.17. The molecule has 0 radical (unpaired) electrons. The van der Waals surface area contributed by atoms with Crippen LogP contribution in [0.15, 0.2) is 47.6 Å². The molecule has 27 heavy (non-hydrogen) atoms. The predicted molar refractivity (Wildman–Crippen MR) is 98.6 cm³/mol. The van der Waals surface area contributed by atoms with Crippen molar-refractivity contribution in [2.24, 2.45) is 0 Å². The van der Waals surface area contributed by atoms with E-state index in [1.165, 1.54) is 10.7 Å². The molecule has 0 aliphatic carbocycles. The zero-order valence-electron chi connectivity index (χ0n) is 14.5. The van der Waals surface area contributed by atoms with Crippen LogP contribution < -0.4 is 4.74 Å². The number of hydrogen-bond donors (Lipinski definition) is 0. The summed E-state index contributed by atoms with van der Waals surface area (Å²) in [7, 11) is 1.58. The van der Waals surface area contributed by atoms with Gasteiger partial charge in [-0.05, 0) is 41.6 Å². The maximum atomic E-state index is 12.4. The third kappa shape index (κ3) is 4.11. The van der Waals surface area contributed by atoms with Crippen molar-refractivity contribution in [2.75, 3.05) is 12.9 Å². The number of nitro benzene ring substituents is 1. The number of hydrogen-bond acceptors (Lipinski definition) is 8. The molecule has 2 aromatic carbocycles. The predicted octanol–water partition coefficient (Wildman–Crippen LogP) is 2.86. The van der Waals surface area contributed by atoms with Crippen LogP contribution >= 0.6 is 11.8 Å². The molecule has 0 aliphatic rings. The topological polar surface area (TPSA) is 113 Å². The fourth-order valence-electron chi connectivity index (χ4n) is 2.35. The summed E-state index contributed by atoms with van der Waals surface area (Å²) in [6.07, 6.45) is 0. The van der Waals surface area contributed by atoms with E-state index in [1.807, 2.05) is 0 Å². The van der Waals surface area contributed by atoms with Gasteiger partial charge in [-0.3, -0.25) is 14.9 Å². The van der Waals surface area contributed by atoms with E-state index in [4.69, 9.17) is 4.74 Å². The zero-order chi connectivity index (χ0) is 19.4. The summed E-state index contributed by atoms with van der Waals surface area (Å²) in [6, 6.07) is 11.6. The van der Waals surface area contributed by atoms with Gasteiger partial charge >= 0.3 is 0 Å². The largest absolute Gasteiger partial charge is 0.497 e. The van der Waals surface area contributed by atoms with E-state index in [-0.39, 0.29) is 22.8 Å². The van der Waals surface area contributed by atoms with Crippen LogP contribution in [0.3, 0.4) is 0 Å². The second kappa shape index (κ2) is 7.96. The number of aryl methyl sites for hydroxylation is 1. The number of ether oxygens (including phenoxy) is 1. The molecule has 138 valence electrons. The summed E-state index contributed by atoms with van der Waals surface area (Å²) < 4.78 is 6.63. The molecule has 0 amide bonds. The van der Waals surface area contributed by atoms with Gasteiger partial charge in [0, 0.05) is 17.2 Å². The van der Waals surface area contributed by atoms with E-state index in [2.05, 4.69) is 15.5 Å². The molecule has 1 heterocycles. The number of carbonyl (C=O) groups is 1. The van der Waals surface area contributed by atoms with Gasteiger partial charge in [-0.25, -0.2) is 0 Å². The second-order valence-electron chi connectivity index (χ2n) is 5.54. The third-order valence-corrected chi connectivity index (χ3v) is 4.74. The number of carbonyl (C=O) groups excluding carboxylic acids is 1. The van der Waals surface area contributed by atoms with Crippen LogP contribution in [0.2, 0.25) is 0 Å². The standard InChI is InChI=1S/C17H15N5O4S/c1-11-3-4-12(9-15(11)22(24)25)16(23)10-27-17-18-19-20-21(17)13-5-7-14(26-2)8-6-13/h3-9H,10H2,1-2H3. The summed E-state index contributed by atoms with van der Waals surface area (Å²) in [5, 5.41) is 23.0. The van der Waals surface area contributed by atoms with Crippen LogP contribution in [0.4, 0.5) is 5.69 Å². The van der Waals surface area contributed by atoms with Crippen LogP contribution in [-0.4, -0.2) is 43.8 Å². The minimum atomic E-state index is -0.497. The fourth-order valence-corrected chi connectivity index (χ4v) is 3.13. The van der Waals surface area contributed by atoms with Crippen molar-refractivity contribution in [3.63, 3.8) is 0 Å². The van der Waals surface area contributed by atoms with Crippen LogP contribution in [0.1, 0.15) is 15.9 Å². The Hall–Kier alpha value is -3.27. The summed E-state index contributed by atoms with van der Waals surface area (Å²) in [6.45, 7) is 1.63. The van der Waals surface area contributed by atoms with Gasteiger partial charge in [0.1, 0.15) is 5.75 Å². The zero-order valence-corrected chi connectivity index (χ0v) is 15.3. The number of benzene rings is 2. The summed E-state index contributed by atoms with van der Waals surface area (Å²) >= 11 is 1.16. The highest BCUT2D eigenvalue weighted by atomic mass is 32.2. The molecule has 10 heteroatoms. The number of thioether (sulfide) groups is 1. The second-order valence-corrected chi connectivity index (χ2v) is 6.48. The normalized spacial score (nSPS) is 10.6. The van der Waals surface area contributed by atoms with Gasteiger partial charge < -0.3 is 4.74 Å². The van der Waals surface area contributed by atoms with Gasteiger partial charge in [0.2, 0.25) is 5.16 Å². The van der Waals surface area contributed by atoms with E-state index < -0.39 is 4.92 Å². The number of nitrogens with zero attached hydrogens (tertiary/aromatic N) is 5. The Labute approximate surface area is 158 Å². The van der Waals surface area contributed by atoms with Crippen molar-refractivity contribution in [3.05, 3.63) is 63.7 Å². The van der Waals surface area contributed by atoms with Crippen LogP contribution in [-0.2, 0) is 0 Å². The minimum Gasteiger partial charge on any atom is -0.497 e. The highest BCUT2D eigenvalue weighted by Crippen LogP contribution is 2.23. The summed E-state index contributed by atoms with van der Waals surface area (Å²) in [5.74, 6) is 0.515. The minimum absolute atomic E-state index is 0.0523. The first-order valence-electron chi connectivity index (χ1n) is 7.83. The van der Waals surface area contributed by atoms with Crippen molar-refractivity contribution in [3.8, 4) is 11.4 Å². The maximum absolute atomic E-state index is 12.4. The lowest BCUT2D eigenvalue weighted by molar-refractivity contribution is -0.385. The molecule has 3 rings (SSSR count). The Kier molecular flexibility index (Phi) is 5.46. The Bertz CT molecular complexity index is 987. The molecule has 0 spiro atoms. The Balaban J connectivity index is 1.74. The SMILES string of the molecule is COc1ccc(-n2nnnc2SCC(=O)c2ccc(C)c([N+](=O)[O-])c2)cc1. The van der Waals surface area contributed by atoms with Gasteiger partial charge in [0.05, 0.1) is 23.5 Å². The first-order chi connectivity index (χ1) is 13.0. The Morgan fingerprint density at radius 3 is 2.67 bits per heavy atom. The number of tetrazole rings is 1. The van der Waals surface area contributed by atoms with Crippen molar-refractivity contribution >= 4 is 23.2 Å². The molecule has 9 nitrogen and oxygen atoms in total. The average molecular weight is 385 g/mol. The number of aromatic nitrogens is 4. The maximum Gasteiger partial charge on any atom is 0.273 e. The Morgan fingerprint density at radius 1 is 1.26 bits per heavy atom. The molecule has 0 N–H and O–H groups in total. The third-order valence-electron chi connectivity index (χ3n) is 3.82. The molecule has 0 unspecified atom stereocenters. The number of nitro groups is 1. The lowest BCUT2D eigenvalue weighted by Gasteiger charge is -2.06. The molecular weight excluding hydrogens is 370 g/mol. The van der Waals surface area contributed by atoms with Crippen molar-refractivity contribution in [1.82, 2.24) is 20.2 Å². The van der Waals surface area contributed by atoms with Crippen LogP contribution in [0, 0.1) is 17.0 Å². The summed E-state index contributed by atoms with van der Waals surface area (Å²) in [5.41, 5.74) is 1.44. The van der Waals surface area contributed by atoms with Gasteiger partial charge in [-0.2, -0.15) is 4.68 Å². The highest BCUT2D eigenvalue weighted by molar-refractivity contribution is 7.99. The summed E-state index contributed by atoms with van der Waals surface area (Å²) in [4.78, 5) is 23.0. The monoisotopic (exact) mass is 385 g/mol. The van der Waals surface area contributed by atoms with Gasteiger partial charge in [0.25, 0.3) is 5.69 Å². The number of ketones is 1.